The van der Waals surface area contributed by atoms with Gasteiger partial charge in [-0.25, -0.2) is 9.78 Å². The van der Waals surface area contributed by atoms with Gasteiger partial charge in [-0.3, -0.25) is 4.79 Å². The fraction of sp³-hybridized carbons (Fsp3) is 0.529. The molecule has 0 radical (unpaired) electrons. The zero-order valence-corrected chi connectivity index (χ0v) is 17.9. The van der Waals surface area contributed by atoms with Gasteiger partial charge in [0.25, 0.3) is 5.56 Å². The predicted molar refractivity (Wildman–Crippen MR) is 107 cm³/mol. The number of anilines is 1. The van der Waals surface area contributed by atoms with Crippen LogP contribution in [0, 0.1) is 0 Å². The average molecular weight is 459 g/mol. The summed E-state index contributed by atoms with van der Waals surface area (Å²) in [6, 6.07) is 1.64. The molecule has 2 aromatic rings. The molecule has 0 spiro atoms. The number of pyridine rings is 1. The zero-order chi connectivity index (χ0) is 19.9. The van der Waals surface area contributed by atoms with Crippen molar-refractivity contribution < 1.29 is 9.53 Å². The maximum absolute atomic E-state index is 12.4. The Labute approximate surface area is 170 Å². The highest BCUT2D eigenvalue weighted by atomic mass is 79.9. The van der Waals surface area contributed by atoms with Crippen molar-refractivity contribution in [3.8, 4) is 0 Å². The van der Waals surface area contributed by atoms with Crippen LogP contribution in [0.1, 0.15) is 27.7 Å². The van der Waals surface area contributed by atoms with Crippen molar-refractivity contribution in [2.75, 3.05) is 24.5 Å². The first kappa shape index (κ1) is 19.9. The molecule has 3 rings (SSSR count). The lowest BCUT2D eigenvalue weighted by molar-refractivity contribution is 0.0218. The van der Waals surface area contributed by atoms with Crippen molar-refractivity contribution >= 4 is 45.0 Å². The average Bonchev–Trinajstić information content (AvgIpc) is 2.58. The van der Waals surface area contributed by atoms with Crippen LogP contribution in [0.5, 0.6) is 0 Å². The van der Waals surface area contributed by atoms with Crippen molar-refractivity contribution in [1.29, 1.82) is 0 Å². The summed E-state index contributed by atoms with van der Waals surface area (Å²) in [6.07, 6.45) is 1.02. The second-order valence-corrected chi connectivity index (χ2v) is 8.66. The number of hydrogen-bond donors (Lipinski definition) is 0. The third-order valence-electron chi connectivity index (χ3n) is 4.21. The number of ether oxygens (including phenoxy) is 1. The summed E-state index contributed by atoms with van der Waals surface area (Å²) in [6.45, 7) is 9.05. The summed E-state index contributed by atoms with van der Waals surface area (Å²) in [4.78, 5) is 32.8. The van der Waals surface area contributed by atoms with Crippen molar-refractivity contribution in [2.24, 2.45) is 0 Å². The van der Waals surface area contributed by atoms with Gasteiger partial charge in [-0.05, 0) is 49.7 Å². The van der Waals surface area contributed by atoms with Crippen molar-refractivity contribution in [1.82, 2.24) is 19.5 Å². The highest BCUT2D eigenvalue weighted by Gasteiger charge is 2.31. The Morgan fingerprint density at radius 1 is 1.37 bits per heavy atom. The number of halogens is 2. The molecule has 0 aliphatic carbocycles. The van der Waals surface area contributed by atoms with Gasteiger partial charge >= 0.3 is 6.09 Å². The lowest BCUT2D eigenvalue weighted by Gasteiger charge is -2.40. The smallest absolute Gasteiger partial charge is 0.410 e. The summed E-state index contributed by atoms with van der Waals surface area (Å²) in [5, 5.41) is 4.34. The normalized spacial score (nSPS) is 18.1. The largest absolute Gasteiger partial charge is 0.444 e. The van der Waals surface area contributed by atoms with Gasteiger partial charge in [0.15, 0.2) is 5.82 Å². The molecule has 1 saturated heterocycles. The molecule has 1 aliphatic rings. The molecule has 3 heterocycles. The van der Waals surface area contributed by atoms with Crippen LogP contribution in [0.2, 0.25) is 5.02 Å². The minimum atomic E-state index is -0.536. The monoisotopic (exact) mass is 457 g/mol. The highest BCUT2D eigenvalue weighted by molar-refractivity contribution is 9.10. The number of carbonyl (C=O) groups is 1. The predicted octanol–water partition coefficient (Wildman–Crippen LogP) is 2.95. The molecule has 1 atom stereocenters. The minimum Gasteiger partial charge on any atom is -0.444 e. The first-order valence-corrected chi connectivity index (χ1v) is 9.72. The Morgan fingerprint density at radius 3 is 2.70 bits per heavy atom. The zero-order valence-electron chi connectivity index (χ0n) is 15.6. The number of piperazine rings is 1. The third-order valence-corrected chi connectivity index (χ3v) is 5.50. The van der Waals surface area contributed by atoms with Crippen LogP contribution in [0.15, 0.2) is 21.7 Å². The first-order valence-electron chi connectivity index (χ1n) is 8.55. The lowest BCUT2D eigenvalue weighted by Crippen LogP contribution is -2.55. The Bertz CT molecular complexity index is 943. The van der Waals surface area contributed by atoms with E-state index in [0.717, 1.165) is 0 Å². The molecule has 0 unspecified atom stereocenters. The Balaban J connectivity index is 1.89. The Kier molecular flexibility index (Phi) is 5.36. The molecule has 0 bridgehead atoms. The summed E-state index contributed by atoms with van der Waals surface area (Å²) in [7, 11) is 0. The second-order valence-electron chi connectivity index (χ2n) is 7.46. The summed E-state index contributed by atoms with van der Waals surface area (Å²) in [5.41, 5.74) is -0.361. The van der Waals surface area contributed by atoms with Gasteiger partial charge in [0, 0.05) is 25.7 Å². The van der Waals surface area contributed by atoms with Gasteiger partial charge in [0.1, 0.15) is 21.9 Å². The van der Waals surface area contributed by atoms with Gasteiger partial charge in [-0.2, -0.15) is 9.61 Å². The molecule has 0 aromatic carbocycles. The van der Waals surface area contributed by atoms with Crippen LogP contribution in [0.4, 0.5) is 10.6 Å². The number of rotatable bonds is 1. The van der Waals surface area contributed by atoms with E-state index in [0.29, 0.717) is 36.0 Å². The Morgan fingerprint density at radius 2 is 2.07 bits per heavy atom. The summed E-state index contributed by atoms with van der Waals surface area (Å²) < 4.78 is 6.98. The van der Waals surface area contributed by atoms with Crippen LogP contribution in [-0.4, -0.2) is 56.9 Å². The van der Waals surface area contributed by atoms with E-state index in [1.54, 1.807) is 11.0 Å². The topological polar surface area (TPSA) is 80.0 Å². The standard InChI is InChI=1S/C17H21BrClN5O3/c1-10-8-22(16(26)27-17(2,3)4)5-6-23(10)14-12-7-11(19)13(18)15(25)24(12)21-9-20-14/h7,9-10H,5-6,8H2,1-4H3/t10-/m0/s1. The van der Waals surface area contributed by atoms with Gasteiger partial charge in [0.05, 0.1) is 5.02 Å². The molecule has 27 heavy (non-hydrogen) atoms. The van der Waals surface area contributed by atoms with E-state index in [-0.39, 0.29) is 22.2 Å². The molecular weight excluding hydrogens is 438 g/mol. The van der Waals surface area contributed by atoms with Crippen LogP contribution < -0.4 is 10.5 Å². The number of fused-ring (bicyclic) bond motifs is 1. The number of nitrogens with zero attached hydrogens (tertiary/aromatic N) is 5. The SMILES string of the molecule is C[C@H]1CN(C(=O)OC(C)(C)C)CCN1c1ncnn2c(=O)c(Br)c(Cl)cc12. The van der Waals surface area contributed by atoms with Gasteiger partial charge in [-0.15, -0.1) is 0 Å². The molecule has 1 fully saturated rings. The van der Waals surface area contributed by atoms with Crippen LogP contribution in [0.25, 0.3) is 5.52 Å². The van der Waals surface area contributed by atoms with Gasteiger partial charge in [-0.1, -0.05) is 11.6 Å². The van der Waals surface area contributed by atoms with E-state index in [2.05, 4.69) is 26.0 Å². The fourth-order valence-electron chi connectivity index (χ4n) is 3.01. The molecule has 10 heteroatoms. The van der Waals surface area contributed by atoms with Gasteiger partial charge in [0.2, 0.25) is 0 Å². The van der Waals surface area contributed by atoms with E-state index < -0.39 is 5.60 Å². The molecule has 2 aromatic heterocycles. The van der Waals surface area contributed by atoms with Crippen molar-refractivity contribution in [3.63, 3.8) is 0 Å². The van der Waals surface area contributed by atoms with E-state index in [1.807, 2.05) is 32.6 Å². The number of amides is 1. The molecule has 0 saturated carbocycles. The van der Waals surface area contributed by atoms with E-state index in [9.17, 15) is 9.59 Å². The summed E-state index contributed by atoms with van der Waals surface area (Å²) >= 11 is 9.35. The molecule has 8 nitrogen and oxygen atoms in total. The molecule has 146 valence electrons. The number of carbonyl (C=O) groups excluding carboxylic acids is 1. The summed E-state index contributed by atoms with van der Waals surface area (Å²) in [5.74, 6) is 0.604. The van der Waals surface area contributed by atoms with Crippen LogP contribution >= 0.6 is 27.5 Å². The van der Waals surface area contributed by atoms with Crippen molar-refractivity contribution in [2.45, 2.75) is 39.3 Å². The first-order chi connectivity index (χ1) is 12.6. The second kappa shape index (κ2) is 7.27. The maximum Gasteiger partial charge on any atom is 0.410 e. The quantitative estimate of drug-likeness (QED) is 0.654. The molecule has 1 aliphatic heterocycles. The Hall–Kier alpha value is -1.87. The minimum absolute atomic E-state index is 0.0255. The van der Waals surface area contributed by atoms with Crippen LogP contribution in [0.3, 0.4) is 0 Å². The number of aromatic nitrogens is 3. The molecule has 1 amide bonds. The van der Waals surface area contributed by atoms with E-state index in [4.69, 9.17) is 16.3 Å². The van der Waals surface area contributed by atoms with Gasteiger partial charge < -0.3 is 14.5 Å². The third kappa shape index (κ3) is 4.03. The maximum atomic E-state index is 12.4. The van der Waals surface area contributed by atoms with E-state index >= 15 is 0 Å². The van der Waals surface area contributed by atoms with Crippen LogP contribution in [-0.2, 0) is 4.74 Å². The highest BCUT2D eigenvalue weighted by Crippen LogP contribution is 2.27. The fourth-order valence-corrected chi connectivity index (χ4v) is 3.47. The van der Waals surface area contributed by atoms with E-state index in [1.165, 1.54) is 10.8 Å². The molecular formula is C17H21BrClN5O3. The lowest BCUT2D eigenvalue weighted by atomic mass is 10.2. The molecule has 0 N–H and O–H groups in total. The van der Waals surface area contributed by atoms with Crippen molar-refractivity contribution in [3.05, 3.63) is 32.2 Å². The number of hydrogen-bond acceptors (Lipinski definition) is 6.